The van der Waals surface area contributed by atoms with Crippen LogP contribution in [0.5, 0.6) is 0 Å². The molecule has 1 atom stereocenters. The maximum absolute atomic E-state index is 13.0. The van der Waals surface area contributed by atoms with Crippen LogP contribution in [0.25, 0.3) is 0 Å². The third-order valence-electron chi connectivity index (χ3n) is 4.67. The number of amides is 1. The number of aromatic nitrogens is 3. The quantitative estimate of drug-likeness (QED) is 0.819. The zero-order chi connectivity index (χ0) is 21.9. The van der Waals surface area contributed by atoms with Gasteiger partial charge in [0.2, 0.25) is 11.9 Å². The van der Waals surface area contributed by atoms with Crippen molar-refractivity contribution in [3.8, 4) is 0 Å². The fourth-order valence-corrected chi connectivity index (χ4v) is 4.14. The van der Waals surface area contributed by atoms with Gasteiger partial charge in [0, 0.05) is 22.8 Å². The molecule has 1 saturated heterocycles. The Morgan fingerprint density at radius 3 is 2.74 bits per heavy atom. The van der Waals surface area contributed by atoms with E-state index in [1.807, 2.05) is 0 Å². The number of carbonyl (C=O) groups excluding carboxylic acids is 1. The molecule has 2 fully saturated rings. The van der Waals surface area contributed by atoms with E-state index in [0.717, 1.165) is 24.2 Å². The van der Waals surface area contributed by atoms with Crippen LogP contribution >= 0.6 is 11.3 Å². The van der Waals surface area contributed by atoms with Crippen molar-refractivity contribution in [2.24, 2.45) is 0 Å². The van der Waals surface area contributed by atoms with Crippen LogP contribution in [0.1, 0.15) is 58.1 Å². The lowest BCUT2D eigenvalue weighted by Gasteiger charge is -2.16. The molecule has 4 rings (SSSR count). The van der Waals surface area contributed by atoms with E-state index in [9.17, 15) is 18.0 Å². The molecule has 3 heterocycles. The molecule has 1 aliphatic heterocycles. The van der Waals surface area contributed by atoms with E-state index in [-0.39, 0.29) is 35.5 Å². The second kappa shape index (κ2) is 6.15. The van der Waals surface area contributed by atoms with Crippen LogP contribution in [0.3, 0.4) is 0 Å². The van der Waals surface area contributed by atoms with Crippen molar-refractivity contribution in [1.29, 1.82) is 0 Å². The lowest BCUT2D eigenvalue weighted by Crippen LogP contribution is -2.32. The minimum Gasteiger partial charge on any atom is -0.355 e. The van der Waals surface area contributed by atoms with Gasteiger partial charge in [0.25, 0.3) is 0 Å². The number of thiazole rings is 1. The molecule has 1 saturated carbocycles. The number of aryl methyl sites for hydroxylation is 1. The molecule has 2 aromatic rings. The van der Waals surface area contributed by atoms with Crippen molar-refractivity contribution in [2.45, 2.75) is 50.5 Å². The number of hydrogen-bond donors (Lipinski definition) is 2. The number of hydrogen-bond acceptors (Lipinski definition) is 6. The van der Waals surface area contributed by atoms with Gasteiger partial charge in [-0.15, -0.1) is 0 Å². The van der Waals surface area contributed by atoms with Gasteiger partial charge in [-0.1, -0.05) is 11.3 Å². The smallest absolute Gasteiger partial charge is 0.355 e. The fourth-order valence-electron chi connectivity index (χ4n) is 2.98. The van der Waals surface area contributed by atoms with E-state index in [2.05, 4.69) is 25.6 Å². The van der Waals surface area contributed by atoms with Gasteiger partial charge < -0.3 is 10.6 Å². The monoisotopic (exact) mass is 400 g/mol. The Bertz CT molecular complexity index is 1010. The van der Waals surface area contributed by atoms with E-state index >= 15 is 0 Å². The minimum absolute atomic E-state index is 0.0450. The highest BCUT2D eigenvalue weighted by Crippen LogP contribution is 2.48. The number of rotatable bonds is 4. The van der Waals surface area contributed by atoms with Crippen LogP contribution in [0.2, 0.25) is 0 Å². The largest absolute Gasteiger partial charge is 0.419 e. The molecule has 2 aromatic heterocycles. The maximum Gasteiger partial charge on any atom is 0.419 e. The molecule has 0 unspecified atom stereocenters. The number of nitrogens with zero attached hydrogens (tertiary/aromatic N) is 3. The van der Waals surface area contributed by atoms with Crippen LogP contribution < -0.4 is 10.6 Å². The first kappa shape index (κ1) is 14.8. The first-order chi connectivity index (χ1) is 13.9. The van der Waals surface area contributed by atoms with Crippen molar-refractivity contribution in [1.82, 2.24) is 20.3 Å². The average molecular weight is 400 g/mol. The van der Waals surface area contributed by atoms with Gasteiger partial charge in [-0.05, 0) is 33.0 Å². The van der Waals surface area contributed by atoms with E-state index < -0.39 is 29.9 Å². The maximum atomic E-state index is 13.0. The molecule has 10 heteroatoms. The van der Waals surface area contributed by atoms with E-state index in [1.54, 1.807) is 0 Å². The highest BCUT2D eigenvalue weighted by molar-refractivity contribution is 7.16. The SMILES string of the molecule is [2H]C([2H])([2H])[C@@]1(c2nc(C3CC3)c(Nc3ncc(C(F)(F)F)c(C)n3)s2)CCNC1=O. The molecule has 2 N–H and O–H groups in total. The van der Waals surface area contributed by atoms with Gasteiger partial charge in [-0.25, -0.2) is 15.0 Å². The van der Waals surface area contributed by atoms with Crippen LogP contribution in [-0.4, -0.2) is 27.4 Å². The summed E-state index contributed by atoms with van der Waals surface area (Å²) in [6.07, 6.45) is -2.04. The van der Waals surface area contributed by atoms with Crippen LogP contribution in [0.15, 0.2) is 6.20 Å². The predicted octanol–water partition coefficient (Wildman–Crippen LogP) is 3.66. The summed E-state index contributed by atoms with van der Waals surface area (Å²) in [5.74, 6) is -0.533. The predicted molar refractivity (Wildman–Crippen MR) is 94.1 cm³/mol. The molecule has 27 heavy (non-hydrogen) atoms. The number of nitrogens with one attached hydrogen (secondary N) is 2. The summed E-state index contributed by atoms with van der Waals surface area (Å²) in [5.41, 5.74) is -2.30. The molecular weight excluding hydrogens is 379 g/mol. The van der Waals surface area contributed by atoms with Gasteiger partial charge in [-0.3, -0.25) is 4.79 Å². The summed E-state index contributed by atoms with van der Waals surface area (Å²) in [4.78, 5) is 24.7. The minimum atomic E-state index is -4.55. The molecule has 0 bridgehead atoms. The first-order valence-electron chi connectivity index (χ1n) is 9.91. The number of carbonyl (C=O) groups is 1. The highest BCUT2D eigenvalue weighted by Gasteiger charge is 2.44. The van der Waals surface area contributed by atoms with Gasteiger partial charge in [0.1, 0.15) is 10.0 Å². The van der Waals surface area contributed by atoms with E-state index in [1.165, 1.54) is 6.92 Å². The standard InChI is InChI=1S/C17H18F3N5OS/c1-8-10(17(18,19)20)7-22-15(23-8)25-12-11(9-3-4-9)24-14(27-12)16(2)5-6-21-13(16)26/h7,9H,3-6H2,1-2H3,(H,21,26)(H,22,23,25)/t16-/m1/s1/i2D3. The Morgan fingerprint density at radius 1 is 1.41 bits per heavy atom. The zero-order valence-electron chi connectivity index (χ0n) is 17.3. The average Bonchev–Trinajstić information content (AvgIpc) is 3.25. The molecule has 6 nitrogen and oxygen atoms in total. The Balaban J connectivity index is 1.73. The molecule has 0 radical (unpaired) electrons. The Kier molecular flexibility index (Phi) is 3.37. The van der Waals surface area contributed by atoms with E-state index in [0.29, 0.717) is 16.9 Å². The van der Waals surface area contributed by atoms with Crippen molar-refractivity contribution in [2.75, 3.05) is 11.9 Å². The van der Waals surface area contributed by atoms with Crippen molar-refractivity contribution < 1.29 is 22.1 Å². The lowest BCUT2D eigenvalue weighted by atomic mass is 9.90. The summed E-state index contributed by atoms with van der Waals surface area (Å²) in [6, 6.07) is 0. The van der Waals surface area contributed by atoms with Gasteiger partial charge >= 0.3 is 6.18 Å². The highest BCUT2D eigenvalue weighted by atomic mass is 32.1. The number of halogens is 3. The topological polar surface area (TPSA) is 79.8 Å². The normalized spacial score (nSPS) is 24.9. The third kappa shape index (κ3) is 3.26. The summed E-state index contributed by atoms with van der Waals surface area (Å²) in [7, 11) is 0. The molecule has 0 spiro atoms. The van der Waals surface area contributed by atoms with E-state index in [4.69, 9.17) is 4.11 Å². The first-order valence-corrected chi connectivity index (χ1v) is 9.22. The van der Waals surface area contributed by atoms with Crippen molar-refractivity contribution >= 4 is 28.2 Å². The molecular formula is C17H18F3N5OS. The number of anilines is 2. The molecule has 144 valence electrons. The summed E-state index contributed by atoms with van der Waals surface area (Å²) in [5, 5.41) is 6.10. The van der Waals surface area contributed by atoms with Gasteiger partial charge in [0.05, 0.1) is 22.4 Å². The second-order valence-electron chi connectivity index (χ2n) is 6.73. The lowest BCUT2D eigenvalue weighted by molar-refractivity contribution is -0.138. The van der Waals surface area contributed by atoms with Crippen molar-refractivity contribution in [3.05, 3.63) is 28.2 Å². The van der Waals surface area contributed by atoms with Crippen LogP contribution in [-0.2, 0) is 16.4 Å². The summed E-state index contributed by atoms with van der Waals surface area (Å²) < 4.78 is 62.8. The van der Waals surface area contributed by atoms with Gasteiger partial charge in [-0.2, -0.15) is 13.2 Å². The molecule has 2 aliphatic rings. The van der Waals surface area contributed by atoms with Crippen molar-refractivity contribution in [3.63, 3.8) is 0 Å². The Morgan fingerprint density at radius 2 is 2.19 bits per heavy atom. The summed E-state index contributed by atoms with van der Waals surface area (Å²) >= 11 is 1.02. The third-order valence-corrected chi connectivity index (χ3v) is 5.81. The molecule has 1 amide bonds. The van der Waals surface area contributed by atoms with Gasteiger partial charge in [0.15, 0.2) is 0 Å². The Labute approximate surface area is 161 Å². The van der Waals surface area contributed by atoms with Crippen LogP contribution in [0.4, 0.5) is 24.1 Å². The Hall–Kier alpha value is -2.23. The second-order valence-corrected chi connectivity index (χ2v) is 7.73. The molecule has 0 aromatic carbocycles. The summed E-state index contributed by atoms with van der Waals surface area (Å²) in [6.45, 7) is -1.12. The zero-order valence-corrected chi connectivity index (χ0v) is 15.1. The number of alkyl halides is 3. The fraction of sp³-hybridized carbons (Fsp3) is 0.529. The van der Waals surface area contributed by atoms with Crippen LogP contribution in [0, 0.1) is 6.92 Å². The molecule has 1 aliphatic carbocycles.